The van der Waals surface area contributed by atoms with Crippen LogP contribution in [0.4, 0.5) is 5.69 Å². The highest BCUT2D eigenvalue weighted by Crippen LogP contribution is 2.32. The largest absolute Gasteiger partial charge is 0.459 e. The number of amides is 3. The molecule has 3 aromatic rings. The molecule has 2 N–H and O–H groups in total. The Morgan fingerprint density at radius 2 is 1.83 bits per heavy atom. The lowest BCUT2D eigenvalue weighted by Gasteiger charge is -2.33. The lowest BCUT2D eigenvalue weighted by atomic mass is 10.0. The van der Waals surface area contributed by atoms with E-state index in [0.29, 0.717) is 11.3 Å². The minimum atomic E-state index is -0.924. The normalized spacial score (nSPS) is 14.3. The molecule has 8 heteroatoms. The molecule has 35 heavy (non-hydrogen) atoms. The first kappa shape index (κ1) is 24.2. The zero-order chi connectivity index (χ0) is 24.8. The molecule has 4 rings (SSSR count). The molecule has 0 radical (unpaired) electrons. The molecule has 1 saturated carbocycles. The third-order valence-corrected chi connectivity index (χ3v) is 6.27. The number of anilines is 1. The van der Waals surface area contributed by atoms with E-state index >= 15 is 0 Å². The van der Waals surface area contributed by atoms with Crippen LogP contribution in [0.3, 0.4) is 0 Å². The van der Waals surface area contributed by atoms with Crippen molar-refractivity contribution >= 4 is 23.4 Å². The second kappa shape index (κ2) is 11.0. The Morgan fingerprint density at radius 1 is 1.09 bits per heavy atom. The summed E-state index contributed by atoms with van der Waals surface area (Å²) < 4.78 is 5.13. The number of nitrogens with one attached hydrogen (secondary N) is 2. The van der Waals surface area contributed by atoms with E-state index in [0.717, 1.165) is 36.8 Å². The number of rotatable bonds is 8. The van der Waals surface area contributed by atoms with Gasteiger partial charge in [0.1, 0.15) is 6.04 Å². The predicted molar refractivity (Wildman–Crippen MR) is 132 cm³/mol. The summed E-state index contributed by atoms with van der Waals surface area (Å²) in [6.45, 7) is 3.53. The van der Waals surface area contributed by atoms with Crippen molar-refractivity contribution in [2.45, 2.75) is 51.6 Å². The van der Waals surface area contributed by atoms with Gasteiger partial charge in [0, 0.05) is 24.1 Å². The molecule has 1 aliphatic rings. The van der Waals surface area contributed by atoms with Crippen LogP contribution < -0.4 is 15.5 Å². The van der Waals surface area contributed by atoms with Crippen molar-refractivity contribution in [1.29, 1.82) is 0 Å². The van der Waals surface area contributed by atoms with Gasteiger partial charge < -0.3 is 15.1 Å². The number of aromatic nitrogens is 1. The number of carbonyl (C=O) groups excluding carboxylic acids is 3. The zero-order valence-electron chi connectivity index (χ0n) is 20.0. The van der Waals surface area contributed by atoms with E-state index in [-0.39, 0.29) is 24.3 Å². The van der Waals surface area contributed by atoms with Gasteiger partial charge in [0.05, 0.1) is 12.8 Å². The van der Waals surface area contributed by atoms with Crippen molar-refractivity contribution in [2.75, 3.05) is 11.4 Å². The molecular weight excluding hydrogens is 444 g/mol. The number of hydrogen-bond donors (Lipinski definition) is 2. The lowest BCUT2D eigenvalue weighted by Crippen LogP contribution is -2.49. The quantitative estimate of drug-likeness (QED) is 0.516. The van der Waals surface area contributed by atoms with Gasteiger partial charge >= 0.3 is 0 Å². The maximum atomic E-state index is 13.7. The highest BCUT2D eigenvalue weighted by Gasteiger charge is 2.35. The van der Waals surface area contributed by atoms with Gasteiger partial charge in [0.2, 0.25) is 11.8 Å². The standard InChI is InChI=1S/C27H30N4O4/c1-18-9-10-19(2)22(16-18)31(24(32)17-29-26(33)23-8-5-15-35-23)25(20-11-13-28-14-12-20)27(34)30-21-6-3-4-7-21/h5,8-16,21,25H,3-4,6-7,17H2,1-2H3,(H,29,33)(H,30,34)/t25-/m1/s1. The molecule has 0 bridgehead atoms. The van der Waals surface area contributed by atoms with Crippen molar-refractivity contribution in [3.05, 3.63) is 83.6 Å². The van der Waals surface area contributed by atoms with Gasteiger partial charge in [0.25, 0.3) is 5.91 Å². The molecule has 1 aliphatic carbocycles. The number of hydrogen-bond acceptors (Lipinski definition) is 5. The second-order valence-corrected chi connectivity index (χ2v) is 8.89. The maximum Gasteiger partial charge on any atom is 0.287 e. The summed E-state index contributed by atoms with van der Waals surface area (Å²) in [5.41, 5.74) is 3.05. The molecule has 3 amide bonds. The van der Waals surface area contributed by atoms with Gasteiger partial charge in [-0.3, -0.25) is 24.3 Å². The predicted octanol–water partition coefficient (Wildman–Crippen LogP) is 3.85. The molecule has 182 valence electrons. The summed E-state index contributed by atoms with van der Waals surface area (Å²) in [4.78, 5) is 45.4. The van der Waals surface area contributed by atoms with Crippen LogP contribution >= 0.6 is 0 Å². The van der Waals surface area contributed by atoms with E-state index in [1.165, 1.54) is 17.2 Å². The van der Waals surface area contributed by atoms with Crippen molar-refractivity contribution in [3.8, 4) is 0 Å². The fourth-order valence-electron chi connectivity index (χ4n) is 4.45. The Hall–Kier alpha value is -3.94. The lowest BCUT2D eigenvalue weighted by molar-refractivity contribution is -0.126. The summed E-state index contributed by atoms with van der Waals surface area (Å²) in [5.74, 6) is -1.06. The topological polar surface area (TPSA) is 105 Å². The Balaban J connectivity index is 1.70. The number of furan rings is 1. The Morgan fingerprint density at radius 3 is 2.51 bits per heavy atom. The number of nitrogens with zero attached hydrogens (tertiary/aromatic N) is 2. The minimum absolute atomic E-state index is 0.0843. The van der Waals surface area contributed by atoms with E-state index < -0.39 is 17.9 Å². The van der Waals surface area contributed by atoms with Crippen LogP contribution in [-0.2, 0) is 9.59 Å². The van der Waals surface area contributed by atoms with Gasteiger partial charge in [-0.05, 0) is 73.7 Å². The maximum absolute atomic E-state index is 13.7. The highest BCUT2D eigenvalue weighted by molar-refractivity contribution is 6.04. The summed E-state index contributed by atoms with van der Waals surface area (Å²) in [7, 11) is 0. The third-order valence-electron chi connectivity index (χ3n) is 6.27. The molecule has 0 spiro atoms. The number of carbonyl (C=O) groups is 3. The molecule has 2 aromatic heterocycles. The van der Waals surface area contributed by atoms with Crippen LogP contribution in [0.2, 0.25) is 0 Å². The van der Waals surface area contributed by atoms with Crippen LogP contribution in [0.1, 0.15) is 59.0 Å². The summed E-state index contributed by atoms with van der Waals surface area (Å²) >= 11 is 0. The number of aryl methyl sites for hydroxylation is 2. The number of pyridine rings is 1. The van der Waals surface area contributed by atoms with Crippen LogP contribution in [-0.4, -0.2) is 35.3 Å². The van der Waals surface area contributed by atoms with Crippen molar-refractivity contribution in [1.82, 2.24) is 15.6 Å². The molecule has 2 heterocycles. The van der Waals surface area contributed by atoms with Crippen molar-refractivity contribution < 1.29 is 18.8 Å². The summed E-state index contributed by atoms with van der Waals surface area (Å²) in [6, 6.07) is 11.5. The zero-order valence-corrected chi connectivity index (χ0v) is 20.0. The fourth-order valence-corrected chi connectivity index (χ4v) is 4.45. The molecule has 0 unspecified atom stereocenters. The molecule has 0 saturated heterocycles. The summed E-state index contributed by atoms with van der Waals surface area (Å²) in [6.07, 6.45) is 8.60. The molecule has 1 aromatic carbocycles. The van der Waals surface area contributed by atoms with Gasteiger partial charge in [-0.25, -0.2) is 0 Å². The van der Waals surface area contributed by atoms with Crippen molar-refractivity contribution in [2.24, 2.45) is 0 Å². The molecular formula is C27H30N4O4. The minimum Gasteiger partial charge on any atom is -0.459 e. The van der Waals surface area contributed by atoms with E-state index in [1.807, 2.05) is 32.0 Å². The average Bonchev–Trinajstić information content (AvgIpc) is 3.57. The Bertz CT molecular complexity index is 1170. The van der Waals surface area contributed by atoms with Crippen molar-refractivity contribution in [3.63, 3.8) is 0 Å². The van der Waals surface area contributed by atoms with Gasteiger partial charge in [-0.2, -0.15) is 0 Å². The first-order valence-electron chi connectivity index (χ1n) is 11.9. The average molecular weight is 475 g/mol. The van der Waals surface area contributed by atoms with E-state index in [2.05, 4.69) is 15.6 Å². The van der Waals surface area contributed by atoms with E-state index in [4.69, 9.17) is 4.42 Å². The molecule has 1 fully saturated rings. The van der Waals surface area contributed by atoms with Gasteiger partial charge in [-0.15, -0.1) is 0 Å². The fraction of sp³-hybridized carbons (Fsp3) is 0.333. The highest BCUT2D eigenvalue weighted by atomic mass is 16.3. The first-order valence-corrected chi connectivity index (χ1v) is 11.9. The monoisotopic (exact) mass is 474 g/mol. The van der Waals surface area contributed by atoms with Crippen LogP contribution in [0, 0.1) is 13.8 Å². The van der Waals surface area contributed by atoms with Crippen LogP contribution in [0.15, 0.2) is 65.5 Å². The number of benzene rings is 1. The molecule has 8 nitrogen and oxygen atoms in total. The third kappa shape index (κ3) is 5.77. The van der Waals surface area contributed by atoms with E-state index in [1.54, 1.807) is 30.6 Å². The Labute approximate surface area is 204 Å². The smallest absolute Gasteiger partial charge is 0.287 e. The van der Waals surface area contributed by atoms with Crippen LogP contribution in [0.25, 0.3) is 0 Å². The van der Waals surface area contributed by atoms with Gasteiger partial charge in [0.15, 0.2) is 5.76 Å². The molecule has 0 aliphatic heterocycles. The molecule has 1 atom stereocenters. The second-order valence-electron chi connectivity index (χ2n) is 8.89. The first-order chi connectivity index (χ1) is 16.9. The SMILES string of the molecule is Cc1ccc(C)c(N(C(=O)CNC(=O)c2ccco2)[C@@H](C(=O)NC2CCCC2)c2ccncc2)c1. The summed E-state index contributed by atoms with van der Waals surface area (Å²) in [5, 5.41) is 5.77. The van der Waals surface area contributed by atoms with E-state index in [9.17, 15) is 14.4 Å². The van der Waals surface area contributed by atoms with Crippen LogP contribution in [0.5, 0.6) is 0 Å². The van der Waals surface area contributed by atoms with Gasteiger partial charge in [-0.1, -0.05) is 25.0 Å². The Kier molecular flexibility index (Phi) is 7.60.